The summed E-state index contributed by atoms with van der Waals surface area (Å²) >= 11 is 3.32. The molecule has 0 radical (unpaired) electrons. The number of hydrogen-bond donors (Lipinski definition) is 1. The smallest absolute Gasteiger partial charge is 0.166 e. The van der Waals surface area contributed by atoms with Crippen LogP contribution >= 0.6 is 15.9 Å². The fourth-order valence-electron chi connectivity index (χ4n) is 2.38. The summed E-state index contributed by atoms with van der Waals surface area (Å²) in [7, 11) is 3.10. The van der Waals surface area contributed by atoms with Gasteiger partial charge in [0.25, 0.3) is 0 Å². The highest BCUT2D eigenvalue weighted by atomic mass is 79.9. The largest absolute Gasteiger partial charge is 0.493 e. The Bertz CT molecular complexity index is 433. The van der Waals surface area contributed by atoms with E-state index in [-0.39, 0.29) is 11.9 Å². The van der Waals surface area contributed by atoms with Crippen LogP contribution in [0.25, 0.3) is 0 Å². The Hall–Kier alpha value is -0.810. The van der Waals surface area contributed by atoms with E-state index in [0.717, 1.165) is 31.4 Å². The van der Waals surface area contributed by atoms with Gasteiger partial charge in [0.1, 0.15) is 5.82 Å². The lowest BCUT2D eigenvalue weighted by molar-refractivity contribution is 0.334. The number of nitrogens with one attached hydrogen (secondary N) is 1. The van der Waals surface area contributed by atoms with Gasteiger partial charge in [0, 0.05) is 17.7 Å². The first-order chi connectivity index (χ1) is 8.69. The summed E-state index contributed by atoms with van der Waals surface area (Å²) < 4.78 is 24.9. The van der Waals surface area contributed by atoms with E-state index in [2.05, 4.69) is 21.2 Å². The zero-order valence-electron chi connectivity index (χ0n) is 10.6. The SMILES string of the molecule is COc1cc(F)c(Br)c(C2CCCCN2)c1OC. The second-order valence-electron chi connectivity index (χ2n) is 4.32. The van der Waals surface area contributed by atoms with Crippen molar-refractivity contribution in [3.05, 3.63) is 21.9 Å². The monoisotopic (exact) mass is 317 g/mol. The first kappa shape index (κ1) is 13.6. The Morgan fingerprint density at radius 1 is 1.33 bits per heavy atom. The highest BCUT2D eigenvalue weighted by Crippen LogP contribution is 2.43. The van der Waals surface area contributed by atoms with Crippen molar-refractivity contribution in [2.24, 2.45) is 0 Å². The number of rotatable bonds is 3. The minimum absolute atomic E-state index is 0.104. The Morgan fingerprint density at radius 3 is 2.67 bits per heavy atom. The third kappa shape index (κ3) is 2.47. The van der Waals surface area contributed by atoms with Crippen molar-refractivity contribution in [2.75, 3.05) is 20.8 Å². The molecule has 2 rings (SSSR count). The van der Waals surface area contributed by atoms with E-state index in [1.54, 1.807) is 7.11 Å². The number of hydrogen-bond acceptors (Lipinski definition) is 3. The quantitative estimate of drug-likeness (QED) is 0.926. The molecule has 1 aliphatic heterocycles. The van der Waals surface area contributed by atoms with E-state index in [4.69, 9.17) is 9.47 Å². The molecule has 0 aromatic heterocycles. The van der Waals surface area contributed by atoms with Crippen LogP contribution in [-0.2, 0) is 0 Å². The van der Waals surface area contributed by atoms with Gasteiger partial charge in [-0.3, -0.25) is 0 Å². The van der Waals surface area contributed by atoms with Crippen LogP contribution in [0.3, 0.4) is 0 Å². The molecule has 0 spiro atoms. The Morgan fingerprint density at radius 2 is 2.11 bits per heavy atom. The molecule has 1 heterocycles. The molecule has 100 valence electrons. The van der Waals surface area contributed by atoms with E-state index >= 15 is 0 Å². The van der Waals surface area contributed by atoms with Crippen LogP contribution in [0, 0.1) is 5.82 Å². The molecule has 1 aromatic rings. The summed E-state index contributed by atoms with van der Waals surface area (Å²) in [6, 6.07) is 1.45. The summed E-state index contributed by atoms with van der Waals surface area (Å²) in [5, 5.41) is 3.40. The molecule has 1 unspecified atom stereocenters. The molecule has 1 atom stereocenters. The van der Waals surface area contributed by atoms with Gasteiger partial charge in [0.2, 0.25) is 0 Å². The van der Waals surface area contributed by atoms with Crippen molar-refractivity contribution in [1.82, 2.24) is 5.32 Å². The van der Waals surface area contributed by atoms with Crippen molar-refractivity contribution >= 4 is 15.9 Å². The van der Waals surface area contributed by atoms with Crippen LogP contribution in [0.2, 0.25) is 0 Å². The minimum atomic E-state index is -0.324. The highest BCUT2D eigenvalue weighted by Gasteiger charge is 2.26. The maximum Gasteiger partial charge on any atom is 0.166 e. The lowest BCUT2D eigenvalue weighted by atomic mass is 9.96. The van der Waals surface area contributed by atoms with Gasteiger partial charge >= 0.3 is 0 Å². The van der Waals surface area contributed by atoms with Gasteiger partial charge in [-0.1, -0.05) is 6.42 Å². The molecular formula is C13H17BrFNO2. The molecule has 1 N–H and O–H groups in total. The first-order valence-corrected chi connectivity index (χ1v) is 6.81. The maximum atomic E-state index is 13.9. The molecular weight excluding hydrogens is 301 g/mol. The zero-order chi connectivity index (χ0) is 13.1. The fourth-order valence-corrected chi connectivity index (χ4v) is 2.95. The van der Waals surface area contributed by atoms with Crippen LogP contribution in [0.1, 0.15) is 30.9 Å². The van der Waals surface area contributed by atoms with Gasteiger partial charge in [-0.25, -0.2) is 4.39 Å². The number of methoxy groups -OCH3 is 2. The van der Waals surface area contributed by atoms with E-state index in [0.29, 0.717) is 16.0 Å². The molecule has 1 aromatic carbocycles. The van der Waals surface area contributed by atoms with Crippen LogP contribution < -0.4 is 14.8 Å². The van der Waals surface area contributed by atoms with Crippen LogP contribution in [0.5, 0.6) is 11.5 Å². The van der Waals surface area contributed by atoms with Gasteiger partial charge in [0.05, 0.1) is 18.7 Å². The summed E-state index contributed by atoms with van der Waals surface area (Å²) in [4.78, 5) is 0. The lowest BCUT2D eigenvalue weighted by Crippen LogP contribution is -2.27. The molecule has 5 heteroatoms. The maximum absolute atomic E-state index is 13.9. The van der Waals surface area contributed by atoms with Gasteiger partial charge in [-0.15, -0.1) is 0 Å². The highest BCUT2D eigenvalue weighted by molar-refractivity contribution is 9.10. The average Bonchev–Trinajstić information content (AvgIpc) is 2.42. The molecule has 0 bridgehead atoms. The predicted octanol–water partition coefficient (Wildman–Crippen LogP) is 3.42. The molecule has 18 heavy (non-hydrogen) atoms. The minimum Gasteiger partial charge on any atom is -0.493 e. The fraction of sp³-hybridized carbons (Fsp3) is 0.538. The van der Waals surface area contributed by atoms with Crippen LogP contribution in [0.15, 0.2) is 10.5 Å². The first-order valence-electron chi connectivity index (χ1n) is 6.02. The topological polar surface area (TPSA) is 30.5 Å². The molecule has 0 aliphatic carbocycles. The van der Waals surface area contributed by atoms with Crippen LogP contribution in [-0.4, -0.2) is 20.8 Å². The van der Waals surface area contributed by atoms with Crippen molar-refractivity contribution in [1.29, 1.82) is 0 Å². The molecule has 1 saturated heterocycles. The standard InChI is InChI=1S/C13H17BrFNO2/c1-17-10-7-8(15)12(14)11(13(10)18-2)9-5-3-4-6-16-9/h7,9,16H,3-6H2,1-2H3. The molecule has 1 aliphatic rings. The molecule has 3 nitrogen and oxygen atoms in total. The van der Waals surface area contributed by atoms with E-state index < -0.39 is 0 Å². The number of ether oxygens (including phenoxy) is 2. The van der Waals surface area contributed by atoms with Gasteiger partial charge in [-0.2, -0.15) is 0 Å². The third-order valence-corrected chi connectivity index (χ3v) is 4.06. The van der Waals surface area contributed by atoms with Gasteiger partial charge in [-0.05, 0) is 35.3 Å². The molecule has 0 amide bonds. The summed E-state index contributed by atoms with van der Waals surface area (Å²) in [6.07, 6.45) is 3.26. The second kappa shape index (κ2) is 5.89. The average molecular weight is 318 g/mol. The van der Waals surface area contributed by atoms with Crippen molar-refractivity contribution in [3.8, 4) is 11.5 Å². The summed E-state index contributed by atoms with van der Waals surface area (Å²) in [5.41, 5.74) is 0.814. The molecule has 0 saturated carbocycles. The Labute approximate surface area is 115 Å². The van der Waals surface area contributed by atoms with Crippen molar-refractivity contribution in [2.45, 2.75) is 25.3 Å². The normalized spacial score (nSPS) is 19.7. The Balaban J connectivity index is 2.51. The second-order valence-corrected chi connectivity index (χ2v) is 5.12. The molecule has 1 fully saturated rings. The van der Waals surface area contributed by atoms with E-state index in [1.165, 1.54) is 13.2 Å². The summed E-state index contributed by atoms with van der Waals surface area (Å²) in [6.45, 7) is 0.944. The van der Waals surface area contributed by atoms with E-state index in [9.17, 15) is 4.39 Å². The van der Waals surface area contributed by atoms with Crippen LogP contribution in [0.4, 0.5) is 4.39 Å². The van der Waals surface area contributed by atoms with Gasteiger partial charge in [0.15, 0.2) is 11.5 Å². The predicted molar refractivity (Wildman–Crippen MR) is 71.8 cm³/mol. The summed E-state index contributed by atoms with van der Waals surface area (Å²) in [5.74, 6) is 0.709. The zero-order valence-corrected chi connectivity index (χ0v) is 12.1. The third-order valence-electron chi connectivity index (χ3n) is 3.26. The number of piperidine rings is 1. The van der Waals surface area contributed by atoms with E-state index in [1.807, 2.05) is 0 Å². The van der Waals surface area contributed by atoms with Crippen molar-refractivity contribution in [3.63, 3.8) is 0 Å². The number of benzene rings is 1. The Kier molecular flexibility index (Phi) is 4.45. The van der Waals surface area contributed by atoms with Crippen molar-refractivity contribution < 1.29 is 13.9 Å². The number of halogens is 2. The van der Waals surface area contributed by atoms with Gasteiger partial charge < -0.3 is 14.8 Å². The lowest BCUT2D eigenvalue weighted by Gasteiger charge is -2.27.